The number of ether oxygens (including phenoxy) is 2. The lowest BCUT2D eigenvalue weighted by Crippen LogP contribution is -2.07. The Kier molecular flexibility index (Phi) is 4.00. The minimum absolute atomic E-state index is 0.559. The fourth-order valence-corrected chi connectivity index (χ4v) is 2.18. The molecule has 1 fully saturated rings. The zero-order valence-corrected chi connectivity index (χ0v) is 13.0. The van der Waals surface area contributed by atoms with E-state index in [0.717, 1.165) is 17.2 Å². The van der Waals surface area contributed by atoms with Gasteiger partial charge in [0.2, 0.25) is 5.95 Å². The Bertz CT molecular complexity index is 671. The lowest BCUT2D eigenvalue weighted by Gasteiger charge is -2.12. The molecule has 1 aromatic carbocycles. The molecule has 1 aromatic heterocycles. The Morgan fingerprint density at radius 1 is 1.05 bits per heavy atom. The second-order valence-corrected chi connectivity index (χ2v) is 5.33. The van der Waals surface area contributed by atoms with E-state index in [9.17, 15) is 0 Å². The maximum atomic E-state index is 5.30. The Morgan fingerprint density at radius 3 is 2.50 bits per heavy atom. The number of anilines is 3. The van der Waals surface area contributed by atoms with Crippen molar-refractivity contribution < 1.29 is 9.47 Å². The summed E-state index contributed by atoms with van der Waals surface area (Å²) in [4.78, 5) is 8.92. The fraction of sp³-hybridized carbons (Fsp3) is 0.375. The molecule has 1 heterocycles. The van der Waals surface area contributed by atoms with Gasteiger partial charge in [-0.15, -0.1) is 0 Å². The molecule has 1 aliphatic rings. The summed E-state index contributed by atoms with van der Waals surface area (Å²) in [5.41, 5.74) is 1.77. The Labute approximate surface area is 129 Å². The van der Waals surface area contributed by atoms with Crippen LogP contribution in [0.5, 0.6) is 11.5 Å². The molecular weight excluding hydrogens is 280 g/mol. The first-order chi connectivity index (χ1) is 10.7. The summed E-state index contributed by atoms with van der Waals surface area (Å²) in [5.74, 6) is 2.78. The van der Waals surface area contributed by atoms with Crippen molar-refractivity contribution in [2.75, 3.05) is 24.9 Å². The number of hydrogen-bond acceptors (Lipinski definition) is 6. The predicted octanol–water partition coefficient (Wildman–Crippen LogP) is 3.12. The zero-order valence-electron chi connectivity index (χ0n) is 13.0. The van der Waals surface area contributed by atoms with Crippen LogP contribution in [0.1, 0.15) is 18.5 Å². The number of nitrogens with zero attached hydrogens (tertiary/aromatic N) is 2. The van der Waals surface area contributed by atoms with Gasteiger partial charge in [0.05, 0.1) is 14.2 Å². The number of aryl methyl sites for hydroxylation is 1. The van der Waals surface area contributed by atoms with Crippen molar-refractivity contribution >= 4 is 17.5 Å². The van der Waals surface area contributed by atoms with E-state index in [0.29, 0.717) is 23.5 Å². The van der Waals surface area contributed by atoms with Gasteiger partial charge < -0.3 is 20.1 Å². The molecule has 0 amide bonds. The van der Waals surface area contributed by atoms with Crippen LogP contribution >= 0.6 is 0 Å². The Morgan fingerprint density at radius 2 is 1.82 bits per heavy atom. The molecule has 2 N–H and O–H groups in total. The third-order valence-corrected chi connectivity index (χ3v) is 3.42. The minimum Gasteiger partial charge on any atom is -0.493 e. The monoisotopic (exact) mass is 300 g/mol. The molecular formula is C16H20N4O2. The first kappa shape index (κ1) is 14.4. The van der Waals surface area contributed by atoms with Crippen LogP contribution in [0.15, 0.2) is 24.3 Å². The lowest BCUT2D eigenvalue weighted by atomic mass is 10.3. The van der Waals surface area contributed by atoms with E-state index >= 15 is 0 Å². The molecule has 0 bridgehead atoms. The zero-order chi connectivity index (χ0) is 15.5. The van der Waals surface area contributed by atoms with Crippen molar-refractivity contribution in [3.05, 3.63) is 30.0 Å². The van der Waals surface area contributed by atoms with E-state index in [2.05, 4.69) is 20.6 Å². The van der Waals surface area contributed by atoms with Crippen molar-refractivity contribution in [2.45, 2.75) is 25.8 Å². The van der Waals surface area contributed by atoms with Crippen LogP contribution < -0.4 is 20.1 Å². The topological polar surface area (TPSA) is 68.3 Å². The molecule has 0 spiro atoms. The van der Waals surface area contributed by atoms with Crippen molar-refractivity contribution in [1.82, 2.24) is 9.97 Å². The molecule has 2 aromatic rings. The van der Waals surface area contributed by atoms with Crippen LogP contribution in [-0.2, 0) is 0 Å². The molecule has 0 unspecified atom stereocenters. The standard InChI is InChI=1S/C16H20N4O2/c1-10-8-15(18-11-4-5-11)20-16(17-10)19-12-6-7-13(21-2)14(9-12)22-3/h6-9,11H,4-5H2,1-3H3,(H2,17,18,19,20). The number of methoxy groups -OCH3 is 2. The molecule has 0 radical (unpaired) electrons. The van der Waals surface area contributed by atoms with Gasteiger partial charge in [0.25, 0.3) is 0 Å². The molecule has 6 heteroatoms. The van der Waals surface area contributed by atoms with Gasteiger partial charge >= 0.3 is 0 Å². The maximum Gasteiger partial charge on any atom is 0.229 e. The molecule has 22 heavy (non-hydrogen) atoms. The van der Waals surface area contributed by atoms with E-state index in [1.54, 1.807) is 14.2 Å². The molecule has 1 saturated carbocycles. The third kappa shape index (κ3) is 3.39. The molecule has 3 rings (SSSR count). The second-order valence-electron chi connectivity index (χ2n) is 5.33. The van der Waals surface area contributed by atoms with Gasteiger partial charge in [-0.2, -0.15) is 4.98 Å². The van der Waals surface area contributed by atoms with E-state index in [1.807, 2.05) is 31.2 Å². The summed E-state index contributed by atoms with van der Waals surface area (Å²) in [7, 11) is 3.23. The predicted molar refractivity (Wildman–Crippen MR) is 86.2 cm³/mol. The second kappa shape index (κ2) is 6.09. The van der Waals surface area contributed by atoms with Crippen LogP contribution in [0.25, 0.3) is 0 Å². The highest BCUT2D eigenvalue weighted by Crippen LogP contribution is 2.31. The van der Waals surface area contributed by atoms with Crippen molar-refractivity contribution in [2.24, 2.45) is 0 Å². The normalized spacial score (nSPS) is 13.6. The molecule has 0 saturated heterocycles. The third-order valence-electron chi connectivity index (χ3n) is 3.42. The number of nitrogens with one attached hydrogen (secondary N) is 2. The van der Waals surface area contributed by atoms with Crippen molar-refractivity contribution in [3.63, 3.8) is 0 Å². The van der Waals surface area contributed by atoms with Gasteiger partial charge in [-0.25, -0.2) is 4.98 Å². The van der Waals surface area contributed by atoms with Gasteiger partial charge in [-0.05, 0) is 31.9 Å². The summed E-state index contributed by atoms with van der Waals surface area (Å²) in [5, 5.41) is 6.59. The lowest BCUT2D eigenvalue weighted by molar-refractivity contribution is 0.355. The highest BCUT2D eigenvalue weighted by atomic mass is 16.5. The van der Waals surface area contributed by atoms with E-state index in [-0.39, 0.29) is 0 Å². The molecule has 1 aliphatic carbocycles. The average molecular weight is 300 g/mol. The van der Waals surface area contributed by atoms with Gasteiger partial charge in [-0.1, -0.05) is 0 Å². The summed E-state index contributed by atoms with van der Waals surface area (Å²) in [6.45, 7) is 1.96. The smallest absolute Gasteiger partial charge is 0.229 e. The number of aromatic nitrogens is 2. The summed E-state index contributed by atoms with van der Waals surface area (Å²) < 4.78 is 10.5. The molecule has 6 nitrogen and oxygen atoms in total. The minimum atomic E-state index is 0.559. The average Bonchev–Trinajstić information content (AvgIpc) is 3.30. The highest BCUT2D eigenvalue weighted by molar-refractivity contribution is 5.60. The number of rotatable bonds is 6. The van der Waals surface area contributed by atoms with Crippen molar-refractivity contribution in [3.8, 4) is 11.5 Å². The number of benzene rings is 1. The molecule has 0 aliphatic heterocycles. The quantitative estimate of drug-likeness (QED) is 0.854. The van der Waals surface area contributed by atoms with E-state index in [4.69, 9.17) is 9.47 Å². The van der Waals surface area contributed by atoms with Gasteiger partial charge in [0, 0.05) is 29.6 Å². The summed E-state index contributed by atoms with van der Waals surface area (Å²) in [6, 6.07) is 8.13. The SMILES string of the molecule is COc1ccc(Nc2nc(C)cc(NC3CC3)n2)cc1OC. The molecule has 0 atom stereocenters. The van der Waals surface area contributed by atoms with Crippen LogP contribution in [0.2, 0.25) is 0 Å². The van der Waals surface area contributed by atoms with Gasteiger partial charge in [0.1, 0.15) is 5.82 Å². The van der Waals surface area contributed by atoms with E-state index in [1.165, 1.54) is 12.8 Å². The van der Waals surface area contributed by atoms with Crippen LogP contribution in [0.4, 0.5) is 17.5 Å². The van der Waals surface area contributed by atoms with Gasteiger partial charge in [-0.3, -0.25) is 0 Å². The van der Waals surface area contributed by atoms with Crippen LogP contribution in [-0.4, -0.2) is 30.2 Å². The largest absolute Gasteiger partial charge is 0.493 e. The fourth-order valence-electron chi connectivity index (χ4n) is 2.18. The van der Waals surface area contributed by atoms with E-state index < -0.39 is 0 Å². The Balaban J connectivity index is 1.81. The highest BCUT2D eigenvalue weighted by Gasteiger charge is 2.21. The van der Waals surface area contributed by atoms with Crippen LogP contribution in [0.3, 0.4) is 0 Å². The maximum absolute atomic E-state index is 5.30. The van der Waals surface area contributed by atoms with Gasteiger partial charge in [0.15, 0.2) is 11.5 Å². The van der Waals surface area contributed by atoms with Crippen LogP contribution in [0, 0.1) is 6.92 Å². The summed E-state index contributed by atoms with van der Waals surface area (Å²) >= 11 is 0. The molecule has 116 valence electrons. The first-order valence-corrected chi connectivity index (χ1v) is 7.29. The van der Waals surface area contributed by atoms with Crippen molar-refractivity contribution in [1.29, 1.82) is 0 Å². The number of hydrogen-bond donors (Lipinski definition) is 2. The first-order valence-electron chi connectivity index (χ1n) is 7.29. The summed E-state index contributed by atoms with van der Waals surface area (Å²) in [6.07, 6.45) is 2.42. The Hall–Kier alpha value is -2.50.